The van der Waals surface area contributed by atoms with Gasteiger partial charge < -0.3 is 11.1 Å². The molecule has 0 atom stereocenters. The predicted octanol–water partition coefficient (Wildman–Crippen LogP) is 2.57. The Balaban J connectivity index is 2.15. The van der Waals surface area contributed by atoms with Gasteiger partial charge in [0.15, 0.2) is 0 Å². The molecule has 2 rings (SSSR count). The van der Waals surface area contributed by atoms with Crippen LogP contribution in [0.2, 0.25) is 0 Å². The Labute approximate surface area is 107 Å². The molecule has 3 N–H and O–H groups in total. The fourth-order valence-electron chi connectivity index (χ4n) is 2.48. The van der Waals surface area contributed by atoms with Gasteiger partial charge in [0.2, 0.25) is 0 Å². The summed E-state index contributed by atoms with van der Waals surface area (Å²) < 4.78 is 13.6. The van der Waals surface area contributed by atoms with Gasteiger partial charge in [0.05, 0.1) is 5.56 Å². The minimum Gasteiger partial charge on any atom is -0.399 e. The number of nitrogen functional groups attached to an aromatic ring is 1. The molecule has 0 heterocycles. The average molecular weight is 250 g/mol. The van der Waals surface area contributed by atoms with Crippen molar-refractivity contribution < 1.29 is 9.18 Å². The highest BCUT2D eigenvalue weighted by molar-refractivity contribution is 5.95. The van der Waals surface area contributed by atoms with Crippen LogP contribution >= 0.6 is 0 Å². The minimum absolute atomic E-state index is 0.0347. The van der Waals surface area contributed by atoms with Gasteiger partial charge in [0.25, 0.3) is 5.91 Å². The van der Waals surface area contributed by atoms with Crippen LogP contribution in [0.4, 0.5) is 10.1 Å². The molecule has 0 aliphatic heterocycles. The average Bonchev–Trinajstić information content (AvgIpc) is 2.60. The molecule has 98 valence electrons. The van der Waals surface area contributed by atoms with Crippen LogP contribution in [0.3, 0.4) is 0 Å². The SMILES string of the molecule is CC1(C)C(NC(=O)c2ccc(N)cc2F)C1(C)C. The second kappa shape index (κ2) is 3.70. The van der Waals surface area contributed by atoms with Gasteiger partial charge in [-0.1, -0.05) is 27.7 Å². The lowest BCUT2D eigenvalue weighted by molar-refractivity contribution is 0.0939. The smallest absolute Gasteiger partial charge is 0.254 e. The maximum absolute atomic E-state index is 13.6. The zero-order chi connectivity index (χ0) is 13.7. The van der Waals surface area contributed by atoms with E-state index in [1.54, 1.807) is 0 Å². The standard InChI is InChI=1S/C14H19FN2O/c1-13(2)12(14(13,3)4)17-11(18)9-6-5-8(16)7-10(9)15/h5-7,12H,16H2,1-4H3,(H,17,18). The number of carbonyl (C=O) groups excluding carboxylic acids is 1. The first kappa shape index (κ1) is 12.9. The summed E-state index contributed by atoms with van der Waals surface area (Å²) in [5.74, 6) is -0.958. The number of benzene rings is 1. The van der Waals surface area contributed by atoms with Gasteiger partial charge >= 0.3 is 0 Å². The number of halogens is 1. The van der Waals surface area contributed by atoms with Crippen molar-refractivity contribution in [3.8, 4) is 0 Å². The summed E-state index contributed by atoms with van der Waals surface area (Å²) in [5.41, 5.74) is 5.89. The van der Waals surface area contributed by atoms with Crippen molar-refractivity contribution in [1.29, 1.82) is 0 Å². The van der Waals surface area contributed by atoms with Crippen molar-refractivity contribution in [2.45, 2.75) is 33.7 Å². The van der Waals surface area contributed by atoms with Gasteiger partial charge in [-0.2, -0.15) is 0 Å². The first-order valence-electron chi connectivity index (χ1n) is 6.04. The summed E-state index contributed by atoms with van der Waals surface area (Å²) in [6.07, 6.45) is 0. The lowest BCUT2D eigenvalue weighted by Gasteiger charge is -2.08. The Bertz CT molecular complexity index is 495. The Morgan fingerprint density at radius 1 is 1.28 bits per heavy atom. The van der Waals surface area contributed by atoms with Crippen LogP contribution in [0.1, 0.15) is 38.1 Å². The maximum Gasteiger partial charge on any atom is 0.254 e. The molecule has 18 heavy (non-hydrogen) atoms. The molecule has 1 aliphatic rings. The largest absolute Gasteiger partial charge is 0.399 e. The molecule has 0 radical (unpaired) electrons. The number of hydrogen-bond acceptors (Lipinski definition) is 2. The van der Waals surface area contributed by atoms with E-state index in [0.717, 1.165) is 6.07 Å². The third-order valence-electron chi connectivity index (χ3n) is 4.53. The van der Waals surface area contributed by atoms with Gasteiger partial charge in [-0.15, -0.1) is 0 Å². The summed E-state index contributed by atoms with van der Waals surface area (Å²) in [7, 11) is 0. The number of nitrogens with one attached hydrogen (secondary N) is 1. The van der Waals surface area contributed by atoms with E-state index >= 15 is 0 Å². The van der Waals surface area contributed by atoms with Crippen LogP contribution in [0.15, 0.2) is 18.2 Å². The van der Waals surface area contributed by atoms with Crippen molar-refractivity contribution in [3.05, 3.63) is 29.6 Å². The van der Waals surface area contributed by atoms with E-state index in [9.17, 15) is 9.18 Å². The normalized spacial score (nSPS) is 20.5. The molecule has 0 saturated heterocycles. The first-order chi connectivity index (χ1) is 8.18. The maximum atomic E-state index is 13.6. The van der Waals surface area contributed by atoms with Crippen molar-refractivity contribution in [2.75, 3.05) is 5.73 Å². The van der Waals surface area contributed by atoms with Crippen LogP contribution in [0.5, 0.6) is 0 Å². The van der Waals surface area contributed by atoms with Crippen LogP contribution in [0.25, 0.3) is 0 Å². The number of nitrogens with two attached hydrogens (primary N) is 1. The Morgan fingerprint density at radius 2 is 1.83 bits per heavy atom. The topological polar surface area (TPSA) is 55.1 Å². The van der Waals surface area contributed by atoms with Crippen LogP contribution in [-0.2, 0) is 0 Å². The second-order valence-electron chi connectivity index (χ2n) is 6.09. The number of carbonyl (C=O) groups is 1. The molecule has 1 aromatic carbocycles. The fraction of sp³-hybridized carbons (Fsp3) is 0.500. The van der Waals surface area contributed by atoms with Crippen molar-refractivity contribution in [3.63, 3.8) is 0 Å². The molecular weight excluding hydrogens is 231 g/mol. The monoisotopic (exact) mass is 250 g/mol. The molecule has 3 nitrogen and oxygen atoms in total. The Kier molecular flexibility index (Phi) is 2.65. The Hall–Kier alpha value is -1.58. The molecular formula is C14H19FN2O. The van der Waals surface area contributed by atoms with E-state index in [2.05, 4.69) is 33.0 Å². The number of anilines is 1. The Morgan fingerprint density at radius 3 is 2.28 bits per heavy atom. The predicted molar refractivity (Wildman–Crippen MR) is 69.6 cm³/mol. The molecule has 1 amide bonds. The minimum atomic E-state index is -0.580. The summed E-state index contributed by atoms with van der Waals surface area (Å²) in [6, 6.07) is 4.18. The summed E-state index contributed by atoms with van der Waals surface area (Å²) in [6.45, 7) is 8.38. The number of amides is 1. The lowest BCUT2D eigenvalue weighted by atomic mass is 10.0. The van der Waals surface area contributed by atoms with Gasteiger partial charge in [-0.25, -0.2) is 4.39 Å². The highest BCUT2D eigenvalue weighted by Crippen LogP contribution is 2.62. The number of rotatable bonds is 2. The van der Waals surface area contributed by atoms with E-state index in [1.807, 2.05) is 0 Å². The third kappa shape index (κ3) is 1.76. The highest BCUT2D eigenvalue weighted by Gasteiger charge is 2.65. The van der Waals surface area contributed by atoms with E-state index < -0.39 is 5.82 Å². The molecule has 0 aromatic heterocycles. The van der Waals surface area contributed by atoms with Crippen LogP contribution in [0, 0.1) is 16.6 Å². The van der Waals surface area contributed by atoms with Crippen LogP contribution < -0.4 is 11.1 Å². The first-order valence-corrected chi connectivity index (χ1v) is 6.04. The molecule has 0 spiro atoms. The molecule has 0 bridgehead atoms. The lowest BCUT2D eigenvalue weighted by Crippen LogP contribution is -2.30. The molecule has 1 aromatic rings. The quantitative estimate of drug-likeness (QED) is 0.793. The number of hydrogen-bond donors (Lipinski definition) is 2. The molecule has 1 aliphatic carbocycles. The zero-order valence-electron chi connectivity index (χ0n) is 11.2. The molecule has 4 heteroatoms. The molecule has 1 fully saturated rings. The van der Waals surface area contributed by atoms with E-state index in [1.165, 1.54) is 12.1 Å². The van der Waals surface area contributed by atoms with Crippen molar-refractivity contribution >= 4 is 11.6 Å². The highest BCUT2D eigenvalue weighted by atomic mass is 19.1. The molecule has 1 saturated carbocycles. The van der Waals surface area contributed by atoms with Crippen molar-refractivity contribution in [2.24, 2.45) is 10.8 Å². The van der Waals surface area contributed by atoms with E-state index in [-0.39, 0.29) is 28.3 Å². The van der Waals surface area contributed by atoms with Crippen molar-refractivity contribution in [1.82, 2.24) is 5.32 Å². The van der Waals surface area contributed by atoms with Crippen LogP contribution in [-0.4, -0.2) is 11.9 Å². The van der Waals surface area contributed by atoms with E-state index in [0.29, 0.717) is 5.69 Å². The zero-order valence-corrected chi connectivity index (χ0v) is 11.2. The van der Waals surface area contributed by atoms with Gasteiger partial charge in [0, 0.05) is 11.7 Å². The molecule has 0 unspecified atom stereocenters. The van der Waals surface area contributed by atoms with Gasteiger partial charge in [-0.05, 0) is 29.0 Å². The van der Waals surface area contributed by atoms with Gasteiger partial charge in [-0.3, -0.25) is 4.79 Å². The third-order valence-corrected chi connectivity index (χ3v) is 4.53. The summed E-state index contributed by atoms with van der Waals surface area (Å²) in [4.78, 5) is 12.0. The fourth-order valence-corrected chi connectivity index (χ4v) is 2.48. The van der Waals surface area contributed by atoms with E-state index in [4.69, 9.17) is 5.73 Å². The summed E-state index contributed by atoms with van der Waals surface area (Å²) in [5, 5.41) is 2.89. The second-order valence-corrected chi connectivity index (χ2v) is 6.09. The van der Waals surface area contributed by atoms with Gasteiger partial charge in [0.1, 0.15) is 5.82 Å². The summed E-state index contributed by atoms with van der Waals surface area (Å²) >= 11 is 0.